The number of rotatable bonds is 4. The van der Waals surface area contributed by atoms with Gasteiger partial charge in [0.15, 0.2) is 5.13 Å². The van der Waals surface area contributed by atoms with Crippen LogP contribution in [-0.4, -0.2) is 16.1 Å². The summed E-state index contributed by atoms with van der Waals surface area (Å²) in [7, 11) is 0. The molecule has 0 radical (unpaired) electrons. The van der Waals surface area contributed by atoms with Gasteiger partial charge in [-0.05, 0) is 12.1 Å². The third-order valence-electron chi connectivity index (χ3n) is 2.89. The Kier molecular flexibility index (Phi) is 3.66. The molecule has 2 N–H and O–H groups in total. The summed E-state index contributed by atoms with van der Waals surface area (Å²) in [5, 5.41) is 13.0. The number of hydrogen-bond acceptors (Lipinski definition) is 4. The largest absolute Gasteiger partial charge is 0.477 e. The van der Waals surface area contributed by atoms with Crippen molar-refractivity contribution < 1.29 is 9.90 Å². The van der Waals surface area contributed by atoms with Gasteiger partial charge in [0.25, 0.3) is 0 Å². The molecule has 2 aromatic carbocycles. The highest BCUT2D eigenvalue weighted by Crippen LogP contribution is 2.32. The molecule has 0 saturated heterocycles. The molecule has 5 heteroatoms. The van der Waals surface area contributed by atoms with Gasteiger partial charge in [-0.15, -0.1) is 0 Å². The first-order valence-electron chi connectivity index (χ1n) is 6.35. The number of aromatic carboxylic acids is 1. The highest BCUT2D eigenvalue weighted by atomic mass is 32.1. The summed E-state index contributed by atoms with van der Waals surface area (Å²) >= 11 is 1.14. The van der Waals surface area contributed by atoms with E-state index in [1.54, 1.807) is 0 Å². The fraction of sp³-hybridized carbons (Fsp3) is 0. The topological polar surface area (TPSA) is 62.2 Å². The van der Waals surface area contributed by atoms with Crippen LogP contribution in [0.2, 0.25) is 0 Å². The molecule has 21 heavy (non-hydrogen) atoms. The quantitative estimate of drug-likeness (QED) is 0.755. The van der Waals surface area contributed by atoms with Crippen LogP contribution in [0.5, 0.6) is 0 Å². The summed E-state index contributed by atoms with van der Waals surface area (Å²) in [6, 6.07) is 18.9. The Bertz CT molecular complexity index is 754. The van der Waals surface area contributed by atoms with Gasteiger partial charge in [0.05, 0.1) is 5.69 Å². The van der Waals surface area contributed by atoms with Crippen LogP contribution in [0.25, 0.3) is 11.3 Å². The van der Waals surface area contributed by atoms with Crippen molar-refractivity contribution >= 4 is 28.1 Å². The Hall–Kier alpha value is -2.66. The molecule has 0 aliphatic heterocycles. The highest BCUT2D eigenvalue weighted by molar-refractivity contribution is 7.18. The minimum atomic E-state index is -0.965. The number of nitrogens with zero attached hydrogens (tertiary/aromatic N) is 1. The van der Waals surface area contributed by atoms with E-state index in [4.69, 9.17) is 0 Å². The Morgan fingerprint density at radius 3 is 2.24 bits per heavy atom. The van der Waals surface area contributed by atoms with Gasteiger partial charge in [0, 0.05) is 11.3 Å². The summed E-state index contributed by atoms with van der Waals surface area (Å²) < 4.78 is 0. The lowest BCUT2D eigenvalue weighted by Gasteiger charge is -2.00. The lowest BCUT2D eigenvalue weighted by atomic mass is 10.1. The second kappa shape index (κ2) is 5.76. The van der Waals surface area contributed by atoms with Crippen LogP contribution in [0.15, 0.2) is 60.7 Å². The van der Waals surface area contributed by atoms with Crippen LogP contribution in [0.1, 0.15) is 9.67 Å². The average Bonchev–Trinajstić information content (AvgIpc) is 2.93. The monoisotopic (exact) mass is 296 g/mol. The van der Waals surface area contributed by atoms with Gasteiger partial charge >= 0.3 is 5.97 Å². The average molecular weight is 296 g/mol. The summed E-state index contributed by atoms with van der Waals surface area (Å²) in [4.78, 5) is 16.1. The van der Waals surface area contributed by atoms with E-state index in [2.05, 4.69) is 10.3 Å². The molecule has 104 valence electrons. The Morgan fingerprint density at radius 1 is 1.00 bits per heavy atom. The first-order chi connectivity index (χ1) is 10.2. The van der Waals surface area contributed by atoms with E-state index in [0.717, 1.165) is 22.6 Å². The normalized spacial score (nSPS) is 10.3. The third-order valence-corrected chi connectivity index (χ3v) is 3.85. The number of carboxylic acid groups (broad SMARTS) is 1. The van der Waals surface area contributed by atoms with E-state index < -0.39 is 5.97 Å². The number of carboxylic acids is 1. The van der Waals surface area contributed by atoms with Crippen molar-refractivity contribution in [1.82, 2.24) is 4.98 Å². The minimum Gasteiger partial charge on any atom is -0.477 e. The molecule has 3 aromatic rings. The Morgan fingerprint density at radius 2 is 1.62 bits per heavy atom. The number of carbonyl (C=O) groups is 1. The molecule has 0 bridgehead atoms. The van der Waals surface area contributed by atoms with E-state index in [1.807, 2.05) is 60.7 Å². The number of aromatic nitrogens is 1. The van der Waals surface area contributed by atoms with Gasteiger partial charge in [-0.25, -0.2) is 9.78 Å². The molecule has 4 nitrogen and oxygen atoms in total. The van der Waals surface area contributed by atoms with Crippen molar-refractivity contribution in [2.75, 3.05) is 5.32 Å². The van der Waals surface area contributed by atoms with E-state index in [0.29, 0.717) is 10.8 Å². The Balaban J connectivity index is 1.99. The maximum atomic E-state index is 11.4. The fourth-order valence-corrected chi connectivity index (χ4v) is 2.80. The molecule has 0 unspecified atom stereocenters. The minimum absolute atomic E-state index is 0.236. The predicted molar refractivity (Wildman–Crippen MR) is 84.2 cm³/mol. The smallest absolute Gasteiger partial charge is 0.348 e. The van der Waals surface area contributed by atoms with Gasteiger partial charge < -0.3 is 10.4 Å². The van der Waals surface area contributed by atoms with E-state index in [-0.39, 0.29) is 4.88 Å². The number of anilines is 2. The molecule has 0 amide bonds. The third kappa shape index (κ3) is 2.93. The van der Waals surface area contributed by atoms with Crippen molar-refractivity contribution in [1.29, 1.82) is 0 Å². The van der Waals surface area contributed by atoms with Crippen LogP contribution in [-0.2, 0) is 0 Å². The Labute approximate surface area is 125 Å². The first kappa shape index (κ1) is 13.3. The fourth-order valence-electron chi connectivity index (χ4n) is 1.96. The summed E-state index contributed by atoms with van der Waals surface area (Å²) in [5.74, 6) is -0.965. The van der Waals surface area contributed by atoms with Crippen LogP contribution < -0.4 is 5.32 Å². The maximum absolute atomic E-state index is 11.4. The number of hydrogen-bond donors (Lipinski definition) is 2. The number of benzene rings is 2. The first-order valence-corrected chi connectivity index (χ1v) is 7.17. The molecular weight excluding hydrogens is 284 g/mol. The predicted octanol–water partition coefficient (Wildman–Crippen LogP) is 4.25. The molecule has 0 aliphatic carbocycles. The van der Waals surface area contributed by atoms with Crippen molar-refractivity contribution in [3.05, 3.63) is 65.5 Å². The van der Waals surface area contributed by atoms with E-state index >= 15 is 0 Å². The molecule has 0 saturated carbocycles. The lowest BCUT2D eigenvalue weighted by molar-refractivity contribution is 0.0702. The second-order valence-corrected chi connectivity index (χ2v) is 5.36. The molecule has 0 atom stereocenters. The standard InChI is InChI=1S/C16H12N2O2S/c19-15(20)14-13(11-7-3-1-4-8-11)18-16(21-14)17-12-9-5-2-6-10-12/h1-10H,(H,17,18)(H,19,20). The number of thiazole rings is 1. The van der Waals surface area contributed by atoms with Gasteiger partial charge in [-0.3, -0.25) is 0 Å². The van der Waals surface area contributed by atoms with Gasteiger partial charge in [0.1, 0.15) is 4.88 Å². The van der Waals surface area contributed by atoms with E-state index in [9.17, 15) is 9.90 Å². The highest BCUT2D eigenvalue weighted by Gasteiger charge is 2.18. The lowest BCUT2D eigenvalue weighted by Crippen LogP contribution is -1.95. The molecule has 3 rings (SSSR count). The second-order valence-electron chi connectivity index (χ2n) is 4.36. The van der Waals surface area contributed by atoms with Crippen molar-refractivity contribution in [2.24, 2.45) is 0 Å². The van der Waals surface area contributed by atoms with Gasteiger partial charge in [-0.2, -0.15) is 0 Å². The molecular formula is C16H12N2O2S. The zero-order valence-corrected chi connectivity index (χ0v) is 11.8. The van der Waals surface area contributed by atoms with Crippen LogP contribution in [0.3, 0.4) is 0 Å². The molecule has 0 spiro atoms. The molecule has 1 heterocycles. The SMILES string of the molecule is O=C(O)c1sc(Nc2ccccc2)nc1-c1ccccc1. The van der Waals surface area contributed by atoms with Crippen molar-refractivity contribution in [3.8, 4) is 11.3 Å². The number of nitrogens with one attached hydrogen (secondary N) is 1. The van der Waals surface area contributed by atoms with E-state index in [1.165, 1.54) is 0 Å². The zero-order chi connectivity index (χ0) is 14.7. The molecule has 0 fully saturated rings. The molecule has 1 aromatic heterocycles. The van der Waals surface area contributed by atoms with Gasteiger partial charge in [0.2, 0.25) is 0 Å². The molecule has 0 aliphatic rings. The van der Waals surface area contributed by atoms with Crippen LogP contribution in [0.4, 0.5) is 10.8 Å². The number of para-hydroxylation sites is 1. The van der Waals surface area contributed by atoms with Gasteiger partial charge in [-0.1, -0.05) is 59.9 Å². The van der Waals surface area contributed by atoms with Crippen molar-refractivity contribution in [3.63, 3.8) is 0 Å². The summed E-state index contributed by atoms with van der Waals surface area (Å²) in [5.41, 5.74) is 2.17. The van der Waals surface area contributed by atoms with Crippen molar-refractivity contribution in [2.45, 2.75) is 0 Å². The summed E-state index contributed by atoms with van der Waals surface area (Å²) in [6.07, 6.45) is 0. The summed E-state index contributed by atoms with van der Waals surface area (Å²) in [6.45, 7) is 0. The van der Waals surface area contributed by atoms with Crippen LogP contribution >= 0.6 is 11.3 Å². The maximum Gasteiger partial charge on any atom is 0.348 e. The van der Waals surface area contributed by atoms with Crippen LogP contribution in [0, 0.1) is 0 Å². The zero-order valence-electron chi connectivity index (χ0n) is 11.0.